The van der Waals surface area contributed by atoms with Gasteiger partial charge in [-0.25, -0.2) is 4.98 Å². The van der Waals surface area contributed by atoms with Crippen molar-refractivity contribution in [2.75, 3.05) is 37.8 Å². The number of carbonyl (C=O) groups is 1. The molecule has 2 N–H and O–H groups in total. The summed E-state index contributed by atoms with van der Waals surface area (Å²) in [6.45, 7) is 1.16. The van der Waals surface area contributed by atoms with Crippen LogP contribution in [-0.2, 0) is 7.05 Å². The van der Waals surface area contributed by atoms with E-state index in [1.165, 1.54) is 10.9 Å². The number of nitrogens with zero attached hydrogens (tertiary/aromatic N) is 5. The van der Waals surface area contributed by atoms with Gasteiger partial charge in [0.05, 0.1) is 12.7 Å². The van der Waals surface area contributed by atoms with Crippen molar-refractivity contribution < 1.29 is 9.53 Å². The Labute approximate surface area is 140 Å². The summed E-state index contributed by atoms with van der Waals surface area (Å²) in [5.41, 5.74) is 6.33. The van der Waals surface area contributed by atoms with Gasteiger partial charge in [0.15, 0.2) is 11.6 Å². The highest BCUT2D eigenvalue weighted by Crippen LogP contribution is 2.27. The number of aryl methyl sites for hydroxylation is 1. The van der Waals surface area contributed by atoms with Gasteiger partial charge in [-0.3, -0.25) is 9.48 Å². The van der Waals surface area contributed by atoms with E-state index in [-0.39, 0.29) is 12.0 Å². The number of carbonyl (C=O) groups excluding carboxylic acids is 1. The second-order valence-electron chi connectivity index (χ2n) is 6.07. The minimum Gasteiger partial charge on any atom is -0.485 e. The van der Waals surface area contributed by atoms with Crippen molar-refractivity contribution in [2.45, 2.75) is 12.5 Å². The van der Waals surface area contributed by atoms with Gasteiger partial charge < -0.3 is 20.3 Å². The van der Waals surface area contributed by atoms with Gasteiger partial charge in [0.1, 0.15) is 17.5 Å². The van der Waals surface area contributed by atoms with Crippen LogP contribution in [-0.4, -0.2) is 58.9 Å². The van der Waals surface area contributed by atoms with Gasteiger partial charge in [-0.05, 0) is 12.1 Å². The lowest BCUT2D eigenvalue weighted by Gasteiger charge is -2.20. The summed E-state index contributed by atoms with van der Waals surface area (Å²) in [4.78, 5) is 20.6. The molecule has 1 aliphatic rings. The van der Waals surface area contributed by atoms with Crippen LogP contribution in [0.3, 0.4) is 0 Å². The van der Waals surface area contributed by atoms with Crippen LogP contribution < -0.4 is 15.4 Å². The van der Waals surface area contributed by atoms with E-state index in [2.05, 4.69) is 10.1 Å². The van der Waals surface area contributed by atoms with E-state index in [1.54, 1.807) is 18.1 Å². The molecule has 128 valence electrons. The van der Waals surface area contributed by atoms with Crippen LogP contribution in [0.2, 0.25) is 0 Å². The molecule has 0 spiro atoms. The molecule has 2 aromatic rings. The summed E-state index contributed by atoms with van der Waals surface area (Å²) in [6, 6.07) is 3.74. The molecule has 0 radical (unpaired) electrons. The minimum absolute atomic E-state index is 0.0604. The molecule has 3 heterocycles. The van der Waals surface area contributed by atoms with Crippen LogP contribution in [0.4, 0.5) is 11.6 Å². The van der Waals surface area contributed by atoms with Crippen molar-refractivity contribution in [3.63, 3.8) is 0 Å². The molecular weight excluding hydrogens is 308 g/mol. The van der Waals surface area contributed by atoms with Crippen molar-refractivity contribution >= 4 is 17.5 Å². The first-order chi connectivity index (χ1) is 11.5. The van der Waals surface area contributed by atoms with Gasteiger partial charge in [-0.2, -0.15) is 5.10 Å². The largest absolute Gasteiger partial charge is 0.485 e. The number of anilines is 2. The Balaban J connectivity index is 1.68. The molecule has 8 nitrogen and oxygen atoms in total. The number of nitrogens with two attached hydrogens (primary N) is 1. The zero-order valence-corrected chi connectivity index (χ0v) is 14.1. The van der Waals surface area contributed by atoms with Crippen molar-refractivity contribution in [1.29, 1.82) is 0 Å². The fourth-order valence-electron chi connectivity index (χ4n) is 2.78. The van der Waals surface area contributed by atoms with Crippen LogP contribution in [0.25, 0.3) is 0 Å². The van der Waals surface area contributed by atoms with Crippen molar-refractivity contribution in [3.8, 4) is 5.75 Å². The Bertz CT molecular complexity index is 742. The molecule has 1 amide bonds. The van der Waals surface area contributed by atoms with E-state index in [0.717, 1.165) is 18.0 Å². The molecule has 1 aliphatic heterocycles. The Morgan fingerprint density at radius 1 is 1.46 bits per heavy atom. The molecule has 1 fully saturated rings. The third-order valence-corrected chi connectivity index (χ3v) is 4.12. The van der Waals surface area contributed by atoms with Gasteiger partial charge in [-0.15, -0.1) is 0 Å². The second kappa shape index (κ2) is 6.38. The molecule has 0 saturated carbocycles. The lowest BCUT2D eigenvalue weighted by Crippen LogP contribution is -2.31. The maximum Gasteiger partial charge on any atom is 0.259 e. The molecule has 1 atom stereocenters. The van der Waals surface area contributed by atoms with Crippen LogP contribution in [0.5, 0.6) is 5.75 Å². The molecule has 0 aliphatic carbocycles. The van der Waals surface area contributed by atoms with Crippen LogP contribution >= 0.6 is 0 Å². The first-order valence-corrected chi connectivity index (χ1v) is 7.83. The molecule has 3 rings (SSSR count). The van der Waals surface area contributed by atoms with Crippen molar-refractivity contribution in [1.82, 2.24) is 19.7 Å². The number of amides is 1. The Morgan fingerprint density at radius 2 is 2.25 bits per heavy atom. The van der Waals surface area contributed by atoms with Crippen LogP contribution in [0, 0.1) is 0 Å². The number of nitrogen functional groups attached to an aromatic ring is 1. The summed E-state index contributed by atoms with van der Waals surface area (Å²) in [5.74, 6) is 1.78. The Kier molecular flexibility index (Phi) is 4.28. The predicted octanol–water partition coefficient (Wildman–Crippen LogP) is 0.757. The number of ether oxygens (including phenoxy) is 1. The quantitative estimate of drug-likeness (QED) is 0.890. The number of pyridine rings is 1. The first-order valence-electron chi connectivity index (χ1n) is 7.83. The van der Waals surface area contributed by atoms with Gasteiger partial charge in [-0.1, -0.05) is 0 Å². The van der Waals surface area contributed by atoms with Crippen molar-refractivity contribution in [2.24, 2.45) is 7.05 Å². The Hall–Kier alpha value is -2.77. The Morgan fingerprint density at radius 3 is 2.92 bits per heavy atom. The first kappa shape index (κ1) is 16.1. The fourth-order valence-corrected chi connectivity index (χ4v) is 2.78. The highest BCUT2D eigenvalue weighted by atomic mass is 16.5. The lowest BCUT2D eigenvalue weighted by molar-refractivity contribution is 0.0773. The maximum absolute atomic E-state index is 12.6. The van der Waals surface area contributed by atoms with E-state index in [0.29, 0.717) is 24.5 Å². The monoisotopic (exact) mass is 330 g/mol. The number of rotatable bonds is 4. The van der Waals surface area contributed by atoms with Gasteiger partial charge >= 0.3 is 0 Å². The van der Waals surface area contributed by atoms with E-state index < -0.39 is 0 Å². The molecular formula is C16H22N6O2. The molecule has 0 aromatic carbocycles. The average Bonchev–Trinajstić information content (AvgIpc) is 3.15. The van der Waals surface area contributed by atoms with Gasteiger partial charge in [0, 0.05) is 40.3 Å². The van der Waals surface area contributed by atoms with E-state index in [9.17, 15) is 4.79 Å². The predicted molar refractivity (Wildman–Crippen MR) is 91.1 cm³/mol. The van der Waals surface area contributed by atoms with E-state index >= 15 is 0 Å². The highest BCUT2D eigenvalue weighted by Gasteiger charge is 2.30. The number of hydrogen-bond acceptors (Lipinski definition) is 6. The summed E-state index contributed by atoms with van der Waals surface area (Å²) in [6.07, 6.45) is 3.96. The van der Waals surface area contributed by atoms with E-state index in [4.69, 9.17) is 10.5 Å². The van der Waals surface area contributed by atoms with Gasteiger partial charge in [0.2, 0.25) is 0 Å². The fraction of sp³-hybridized carbons (Fsp3) is 0.438. The highest BCUT2D eigenvalue weighted by molar-refractivity contribution is 5.98. The third-order valence-electron chi connectivity index (χ3n) is 4.12. The standard InChI is InChI=1S/C16H22N6O2/c1-20(2)15-13(5-4-7-18-15)24-11-6-8-22(10-11)16(23)12-9-19-21(3)14(12)17/h4-5,7,9,11H,6,8,10,17H2,1-3H3. The molecule has 1 saturated heterocycles. The summed E-state index contributed by atoms with van der Waals surface area (Å²) in [7, 11) is 5.56. The zero-order chi connectivity index (χ0) is 17.3. The zero-order valence-electron chi connectivity index (χ0n) is 14.1. The molecule has 8 heteroatoms. The summed E-state index contributed by atoms with van der Waals surface area (Å²) in [5, 5.41) is 4.03. The van der Waals surface area contributed by atoms with Crippen LogP contribution in [0.1, 0.15) is 16.8 Å². The van der Waals surface area contributed by atoms with Gasteiger partial charge in [0.25, 0.3) is 5.91 Å². The number of hydrogen-bond donors (Lipinski definition) is 1. The topological polar surface area (TPSA) is 89.5 Å². The normalized spacial score (nSPS) is 17.1. The molecule has 24 heavy (non-hydrogen) atoms. The molecule has 0 bridgehead atoms. The molecule has 1 unspecified atom stereocenters. The van der Waals surface area contributed by atoms with Crippen molar-refractivity contribution in [3.05, 3.63) is 30.1 Å². The third kappa shape index (κ3) is 2.99. The summed E-state index contributed by atoms with van der Waals surface area (Å²) < 4.78 is 7.57. The average molecular weight is 330 g/mol. The summed E-state index contributed by atoms with van der Waals surface area (Å²) >= 11 is 0. The number of likely N-dealkylation sites (tertiary alicyclic amines) is 1. The minimum atomic E-state index is -0.106. The number of aromatic nitrogens is 3. The van der Waals surface area contributed by atoms with E-state index in [1.807, 2.05) is 31.1 Å². The van der Waals surface area contributed by atoms with Crippen LogP contribution in [0.15, 0.2) is 24.5 Å². The second-order valence-corrected chi connectivity index (χ2v) is 6.07. The SMILES string of the molecule is CN(C)c1ncccc1OC1CCN(C(=O)c2cnn(C)c2N)C1. The molecule has 2 aromatic heterocycles. The lowest BCUT2D eigenvalue weighted by atomic mass is 10.3. The maximum atomic E-state index is 12.6. The smallest absolute Gasteiger partial charge is 0.259 e.